The predicted molar refractivity (Wildman–Crippen MR) is 57.8 cm³/mol. The van der Waals surface area contributed by atoms with Gasteiger partial charge in [0.15, 0.2) is 0 Å². The molecule has 0 radical (unpaired) electrons. The lowest BCUT2D eigenvalue weighted by Crippen LogP contribution is -2.23. The lowest BCUT2D eigenvalue weighted by atomic mass is 10.2. The number of methoxy groups -OCH3 is 1. The Hall–Kier alpha value is -0.940. The Morgan fingerprint density at radius 2 is 2.27 bits per heavy atom. The van der Waals surface area contributed by atoms with E-state index in [-0.39, 0.29) is 18.3 Å². The van der Waals surface area contributed by atoms with Crippen LogP contribution in [0.2, 0.25) is 0 Å². The summed E-state index contributed by atoms with van der Waals surface area (Å²) in [5.74, 6) is -0.648. The van der Waals surface area contributed by atoms with Gasteiger partial charge in [-0.05, 0) is 23.8 Å². The zero-order chi connectivity index (χ0) is 11.3. The van der Waals surface area contributed by atoms with Gasteiger partial charge < -0.3 is 10.1 Å². The molecule has 0 fully saturated rings. The number of nitrogens with one attached hydrogen (secondary N) is 1. The highest BCUT2D eigenvalue weighted by Crippen LogP contribution is 2.14. The number of carbonyl (C=O) groups excluding carboxylic acids is 1. The van der Waals surface area contributed by atoms with Crippen LogP contribution in [0.5, 0.6) is 0 Å². The molecule has 0 heterocycles. The molecule has 1 aromatic rings. The van der Waals surface area contributed by atoms with Crippen molar-refractivity contribution in [2.24, 2.45) is 0 Å². The molecule has 0 aliphatic rings. The fourth-order valence-corrected chi connectivity index (χ4v) is 1.61. The van der Waals surface area contributed by atoms with Crippen LogP contribution in [0.4, 0.5) is 4.39 Å². The Kier molecular flexibility index (Phi) is 4.71. The summed E-state index contributed by atoms with van der Waals surface area (Å²) >= 11 is 3.19. The van der Waals surface area contributed by atoms with Gasteiger partial charge in [0.2, 0.25) is 0 Å². The Bertz CT molecular complexity index is 337. The summed E-state index contributed by atoms with van der Waals surface area (Å²) in [5.41, 5.74) is 0.769. The van der Waals surface area contributed by atoms with Crippen LogP contribution < -0.4 is 5.32 Å². The summed E-state index contributed by atoms with van der Waals surface area (Å²) < 4.78 is 18.1. The molecule has 15 heavy (non-hydrogen) atoms. The average molecular weight is 276 g/mol. The second-order valence-electron chi connectivity index (χ2n) is 2.96. The largest absolute Gasteiger partial charge is 0.468 e. The molecule has 0 aliphatic carbocycles. The molecule has 5 heteroatoms. The van der Waals surface area contributed by atoms with Gasteiger partial charge in [-0.2, -0.15) is 0 Å². The van der Waals surface area contributed by atoms with Crippen molar-refractivity contribution in [3.63, 3.8) is 0 Å². The highest BCUT2D eigenvalue weighted by atomic mass is 79.9. The molecule has 0 bridgehead atoms. The first-order chi connectivity index (χ1) is 7.11. The maximum absolute atomic E-state index is 12.9. The molecule has 1 rings (SSSR count). The third-order valence-corrected chi connectivity index (χ3v) is 2.21. The third-order valence-electron chi connectivity index (χ3n) is 1.75. The van der Waals surface area contributed by atoms with E-state index < -0.39 is 0 Å². The van der Waals surface area contributed by atoms with Crippen molar-refractivity contribution in [3.05, 3.63) is 34.1 Å². The Balaban J connectivity index is 2.47. The van der Waals surface area contributed by atoms with Crippen LogP contribution in [0, 0.1) is 5.82 Å². The first-order valence-corrected chi connectivity index (χ1v) is 5.13. The Morgan fingerprint density at radius 1 is 1.53 bits per heavy atom. The fraction of sp³-hybridized carbons (Fsp3) is 0.300. The van der Waals surface area contributed by atoms with Crippen LogP contribution in [-0.4, -0.2) is 19.6 Å². The molecule has 0 unspecified atom stereocenters. The molecule has 0 amide bonds. The standard InChI is InChI=1S/C10H11BrFNO2/c1-15-10(14)6-13-5-7-2-8(11)4-9(12)3-7/h2-4,13H,5-6H2,1H3. The molecule has 0 aliphatic heterocycles. The summed E-state index contributed by atoms with van der Waals surface area (Å²) in [6.07, 6.45) is 0. The van der Waals surface area contributed by atoms with Crippen molar-refractivity contribution in [2.45, 2.75) is 6.54 Å². The smallest absolute Gasteiger partial charge is 0.319 e. The SMILES string of the molecule is COC(=O)CNCc1cc(F)cc(Br)c1. The van der Waals surface area contributed by atoms with Gasteiger partial charge in [-0.1, -0.05) is 15.9 Å². The highest BCUT2D eigenvalue weighted by Gasteiger charge is 2.01. The molecule has 0 saturated carbocycles. The first kappa shape index (κ1) is 12.1. The lowest BCUT2D eigenvalue weighted by Gasteiger charge is -2.04. The zero-order valence-electron chi connectivity index (χ0n) is 8.22. The number of halogens is 2. The first-order valence-electron chi connectivity index (χ1n) is 4.34. The Labute approximate surface area is 95.7 Å². The number of hydrogen-bond donors (Lipinski definition) is 1. The van der Waals surface area contributed by atoms with E-state index in [1.807, 2.05) is 0 Å². The summed E-state index contributed by atoms with van der Waals surface area (Å²) in [7, 11) is 1.32. The van der Waals surface area contributed by atoms with Gasteiger partial charge >= 0.3 is 5.97 Å². The second kappa shape index (κ2) is 5.82. The van der Waals surface area contributed by atoms with Gasteiger partial charge in [0.1, 0.15) is 5.82 Å². The van der Waals surface area contributed by atoms with Crippen LogP contribution in [0.25, 0.3) is 0 Å². The number of esters is 1. The second-order valence-corrected chi connectivity index (χ2v) is 3.87. The van der Waals surface area contributed by atoms with Crippen LogP contribution in [0.15, 0.2) is 22.7 Å². The third kappa shape index (κ3) is 4.40. The summed E-state index contributed by atoms with van der Waals surface area (Å²) in [6.45, 7) is 0.538. The van der Waals surface area contributed by atoms with E-state index in [0.717, 1.165) is 5.56 Å². The zero-order valence-corrected chi connectivity index (χ0v) is 9.80. The highest BCUT2D eigenvalue weighted by molar-refractivity contribution is 9.10. The minimum absolute atomic E-state index is 0.116. The van der Waals surface area contributed by atoms with Crippen molar-refractivity contribution in [1.82, 2.24) is 5.32 Å². The average Bonchev–Trinajstić information content (AvgIpc) is 2.16. The molecule has 3 nitrogen and oxygen atoms in total. The molecule has 0 saturated heterocycles. The van der Waals surface area contributed by atoms with Gasteiger partial charge in [-0.3, -0.25) is 4.79 Å². The maximum Gasteiger partial charge on any atom is 0.319 e. The monoisotopic (exact) mass is 275 g/mol. The van der Waals surface area contributed by atoms with E-state index in [1.54, 1.807) is 6.07 Å². The van der Waals surface area contributed by atoms with E-state index in [9.17, 15) is 9.18 Å². The number of hydrogen-bond acceptors (Lipinski definition) is 3. The molecule has 1 N–H and O–H groups in total. The number of ether oxygens (including phenoxy) is 1. The van der Waals surface area contributed by atoms with Crippen molar-refractivity contribution < 1.29 is 13.9 Å². The summed E-state index contributed by atoms with van der Waals surface area (Å²) in [4.78, 5) is 10.8. The number of rotatable bonds is 4. The lowest BCUT2D eigenvalue weighted by molar-refractivity contribution is -0.139. The molecule has 1 aromatic carbocycles. The minimum Gasteiger partial charge on any atom is -0.468 e. The summed E-state index contributed by atoms with van der Waals surface area (Å²) in [6, 6.07) is 4.58. The van der Waals surface area contributed by atoms with Crippen LogP contribution in [0.1, 0.15) is 5.56 Å². The van der Waals surface area contributed by atoms with Crippen molar-refractivity contribution >= 4 is 21.9 Å². The van der Waals surface area contributed by atoms with E-state index in [2.05, 4.69) is 26.0 Å². The minimum atomic E-state index is -0.342. The Morgan fingerprint density at radius 3 is 2.87 bits per heavy atom. The molecule has 0 aromatic heterocycles. The van der Waals surface area contributed by atoms with Gasteiger partial charge in [-0.25, -0.2) is 4.39 Å². The van der Waals surface area contributed by atoms with Crippen molar-refractivity contribution in [2.75, 3.05) is 13.7 Å². The predicted octanol–water partition coefficient (Wildman–Crippen LogP) is 1.85. The van der Waals surface area contributed by atoms with Crippen LogP contribution in [0.3, 0.4) is 0 Å². The molecule has 0 atom stereocenters. The van der Waals surface area contributed by atoms with Gasteiger partial charge in [-0.15, -0.1) is 0 Å². The maximum atomic E-state index is 12.9. The van der Waals surface area contributed by atoms with Crippen molar-refractivity contribution in [3.8, 4) is 0 Å². The topological polar surface area (TPSA) is 38.3 Å². The van der Waals surface area contributed by atoms with Gasteiger partial charge in [0.05, 0.1) is 13.7 Å². The summed E-state index contributed by atoms with van der Waals surface area (Å²) in [5, 5.41) is 2.84. The molecular formula is C10H11BrFNO2. The van der Waals surface area contributed by atoms with E-state index >= 15 is 0 Å². The van der Waals surface area contributed by atoms with Gasteiger partial charge in [0.25, 0.3) is 0 Å². The van der Waals surface area contributed by atoms with E-state index in [1.165, 1.54) is 19.2 Å². The van der Waals surface area contributed by atoms with E-state index in [0.29, 0.717) is 11.0 Å². The van der Waals surface area contributed by atoms with E-state index in [4.69, 9.17) is 0 Å². The van der Waals surface area contributed by atoms with Crippen molar-refractivity contribution in [1.29, 1.82) is 0 Å². The molecule has 82 valence electrons. The number of benzene rings is 1. The van der Waals surface area contributed by atoms with Gasteiger partial charge in [0, 0.05) is 11.0 Å². The molecular weight excluding hydrogens is 265 g/mol. The number of carbonyl (C=O) groups is 1. The quantitative estimate of drug-likeness (QED) is 0.853. The molecule has 0 spiro atoms. The normalized spacial score (nSPS) is 10.1. The van der Waals surface area contributed by atoms with Crippen LogP contribution >= 0.6 is 15.9 Å². The fourth-order valence-electron chi connectivity index (χ4n) is 1.09. The van der Waals surface area contributed by atoms with Crippen LogP contribution in [-0.2, 0) is 16.1 Å².